The Labute approximate surface area is 90.2 Å². The number of pyridine rings is 1. The average Bonchev–Trinajstić information content (AvgIpc) is 2.16. The maximum absolute atomic E-state index is 11.7. The maximum atomic E-state index is 11.7. The van der Waals surface area contributed by atoms with Crippen LogP contribution in [0.25, 0.3) is 0 Å². The number of aromatic nitrogens is 1. The Kier molecular flexibility index (Phi) is 3.68. The van der Waals surface area contributed by atoms with Crippen molar-refractivity contribution in [2.24, 2.45) is 5.92 Å². The number of nitrogens with zero attached hydrogens (tertiary/aromatic N) is 1. The SMILES string of the molecule is COc1ccc(S(=O)(=O)CC(C)C)nc1. The van der Waals surface area contributed by atoms with Crippen molar-refractivity contribution in [2.45, 2.75) is 18.9 Å². The number of sulfone groups is 1. The molecule has 5 heteroatoms. The molecule has 1 aromatic heterocycles. The van der Waals surface area contributed by atoms with Crippen molar-refractivity contribution in [3.8, 4) is 5.75 Å². The summed E-state index contributed by atoms with van der Waals surface area (Å²) >= 11 is 0. The van der Waals surface area contributed by atoms with Crippen molar-refractivity contribution in [1.82, 2.24) is 4.98 Å². The van der Waals surface area contributed by atoms with Crippen LogP contribution in [0.4, 0.5) is 0 Å². The van der Waals surface area contributed by atoms with Gasteiger partial charge in [-0.05, 0) is 18.1 Å². The van der Waals surface area contributed by atoms with Crippen LogP contribution in [-0.4, -0.2) is 26.3 Å². The summed E-state index contributed by atoms with van der Waals surface area (Å²) in [7, 11) is -1.74. The maximum Gasteiger partial charge on any atom is 0.195 e. The van der Waals surface area contributed by atoms with Gasteiger partial charge in [-0.15, -0.1) is 0 Å². The second-order valence-electron chi connectivity index (χ2n) is 3.71. The molecular weight excluding hydrogens is 214 g/mol. The molecule has 4 nitrogen and oxygen atoms in total. The van der Waals surface area contributed by atoms with Gasteiger partial charge < -0.3 is 4.74 Å². The van der Waals surface area contributed by atoms with Gasteiger partial charge in [-0.3, -0.25) is 0 Å². The van der Waals surface area contributed by atoms with Gasteiger partial charge >= 0.3 is 0 Å². The van der Waals surface area contributed by atoms with E-state index in [2.05, 4.69) is 4.98 Å². The van der Waals surface area contributed by atoms with Crippen LogP contribution in [0.5, 0.6) is 5.75 Å². The van der Waals surface area contributed by atoms with E-state index in [0.29, 0.717) is 5.75 Å². The first kappa shape index (κ1) is 12.0. The molecule has 0 aliphatic heterocycles. The molecular formula is C10H15NO3S. The van der Waals surface area contributed by atoms with Gasteiger partial charge in [0.15, 0.2) is 14.9 Å². The van der Waals surface area contributed by atoms with Crippen molar-refractivity contribution in [1.29, 1.82) is 0 Å². The monoisotopic (exact) mass is 229 g/mol. The zero-order chi connectivity index (χ0) is 11.5. The number of hydrogen-bond acceptors (Lipinski definition) is 4. The second kappa shape index (κ2) is 4.61. The fourth-order valence-electron chi connectivity index (χ4n) is 1.20. The molecule has 0 unspecified atom stereocenters. The van der Waals surface area contributed by atoms with Crippen molar-refractivity contribution >= 4 is 9.84 Å². The molecule has 0 radical (unpaired) electrons. The normalized spacial score (nSPS) is 11.7. The van der Waals surface area contributed by atoms with Gasteiger partial charge in [-0.1, -0.05) is 13.8 Å². The number of ether oxygens (including phenoxy) is 1. The standard InChI is InChI=1S/C10H15NO3S/c1-8(2)7-15(12,13)10-5-4-9(14-3)6-11-10/h4-6,8H,7H2,1-3H3. The van der Waals surface area contributed by atoms with Crippen LogP contribution in [0.1, 0.15) is 13.8 Å². The fourth-order valence-corrected chi connectivity index (χ4v) is 2.73. The molecule has 0 spiro atoms. The third kappa shape index (κ3) is 3.20. The summed E-state index contributed by atoms with van der Waals surface area (Å²) < 4.78 is 28.4. The van der Waals surface area contributed by atoms with Crippen LogP contribution in [0.2, 0.25) is 0 Å². The fraction of sp³-hybridized carbons (Fsp3) is 0.500. The number of methoxy groups -OCH3 is 1. The molecule has 0 N–H and O–H groups in total. The molecule has 1 heterocycles. The second-order valence-corrected chi connectivity index (χ2v) is 5.69. The van der Waals surface area contributed by atoms with E-state index < -0.39 is 9.84 Å². The first-order chi connectivity index (χ1) is 6.95. The molecule has 0 aromatic carbocycles. The van der Waals surface area contributed by atoms with Gasteiger partial charge in [0.05, 0.1) is 19.1 Å². The Morgan fingerprint density at radius 1 is 1.40 bits per heavy atom. The van der Waals surface area contributed by atoms with Crippen LogP contribution in [0.3, 0.4) is 0 Å². The Bertz CT molecular complexity index is 409. The van der Waals surface area contributed by atoms with Crippen LogP contribution in [0, 0.1) is 5.92 Å². The topological polar surface area (TPSA) is 56.3 Å². The Morgan fingerprint density at radius 2 is 2.07 bits per heavy atom. The average molecular weight is 229 g/mol. The first-order valence-electron chi connectivity index (χ1n) is 4.68. The zero-order valence-electron chi connectivity index (χ0n) is 9.10. The summed E-state index contributed by atoms with van der Waals surface area (Å²) in [5, 5.41) is 0.108. The summed E-state index contributed by atoms with van der Waals surface area (Å²) in [4.78, 5) is 3.86. The minimum absolute atomic E-state index is 0.0962. The minimum Gasteiger partial charge on any atom is -0.495 e. The molecule has 0 bridgehead atoms. The van der Waals surface area contributed by atoms with Crippen molar-refractivity contribution in [2.75, 3.05) is 12.9 Å². The van der Waals surface area contributed by atoms with Gasteiger partial charge in [0.25, 0.3) is 0 Å². The lowest BCUT2D eigenvalue weighted by Gasteiger charge is -2.06. The van der Waals surface area contributed by atoms with E-state index in [-0.39, 0.29) is 16.7 Å². The van der Waals surface area contributed by atoms with Gasteiger partial charge in [0.1, 0.15) is 5.75 Å². The highest BCUT2D eigenvalue weighted by atomic mass is 32.2. The number of hydrogen-bond donors (Lipinski definition) is 0. The molecule has 15 heavy (non-hydrogen) atoms. The minimum atomic E-state index is -3.25. The lowest BCUT2D eigenvalue weighted by molar-refractivity contribution is 0.412. The molecule has 0 aliphatic carbocycles. The van der Waals surface area contributed by atoms with Gasteiger partial charge in [0.2, 0.25) is 0 Å². The first-order valence-corrected chi connectivity index (χ1v) is 6.33. The highest BCUT2D eigenvalue weighted by Crippen LogP contribution is 2.15. The Morgan fingerprint density at radius 3 is 2.47 bits per heavy atom. The summed E-state index contributed by atoms with van der Waals surface area (Å²) in [5.41, 5.74) is 0. The highest BCUT2D eigenvalue weighted by molar-refractivity contribution is 7.91. The van der Waals surface area contributed by atoms with Crippen LogP contribution >= 0.6 is 0 Å². The van der Waals surface area contributed by atoms with E-state index in [0.717, 1.165) is 0 Å². The molecule has 0 amide bonds. The molecule has 84 valence electrons. The van der Waals surface area contributed by atoms with E-state index in [1.54, 1.807) is 6.07 Å². The van der Waals surface area contributed by atoms with Crippen LogP contribution < -0.4 is 4.74 Å². The predicted octanol–water partition coefficient (Wildman–Crippen LogP) is 1.52. The molecule has 1 aromatic rings. The predicted molar refractivity (Wildman–Crippen MR) is 57.7 cm³/mol. The third-order valence-electron chi connectivity index (χ3n) is 1.82. The van der Waals surface area contributed by atoms with Crippen molar-refractivity contribution in [3.05, 3.63) is 18.3 Å². The van der Waals surface area contributed by atoms with E-state index in [4.69, 9.17) is 4.74 Å². The number of rotatable bonds is 4. The molecule has 1 rings (SSSR count). The zero-order valence-corrected chi connectivity index (χ0v) is 9.91. The molecule has 0 atom stereocenters. The Hall–Kier alpha value is -1.10. The Balaban J connectivity index is 2.96. The summed E-state index contributed by atoms with van der Waals surface area (Å²) in [6, 6.07) is 3.07. The van der Waals surface area contributed by atoms with Crippen molar-refractivity contribution in [3.63, 3.8) is 0 Å². The molecule has 0 aliphatic rings. The lowest BCUT2D eigenvalue weighted by atomic mass is 10.3. The van der Waals surface area contributed by atoms with Crippen LogP contribution in [0.15, 0.2) is 23.4 Å². The van der Waals surface area contributed by atoms with Gasteiger partial charge in [0, 0.05) is 0 Å². The molecule has 0 saturated carbocycles. The molecule has 0 fully saturated rings. The van der Waals surface area contributed by atoms with E-state index in [1.807, 2.05) is 13.8 Å². The van der Waals surface area contributed by atoms with Crippen molar-refractivity contribution < 1.29 is 13.2 Å². The van der Waals surface area contributed by atoms with E-state index in [9.17, 15) is 8.42 Å². The lowest BCUT2D eigenvalue weighted by Crippen LogP contribution is -2.13. The quantitative estimate of drug-likeness (QED) is 0.785. The summed E-state index contributed by atoms with van der Waals surface area (Å²) in [5.74, 6) is 0.768. The largest absolute Gasteiger partial charge is 0.495 e. The van der Waals surface area contributed by atoms with E-state index in [1.165, 1.54) is 19.4 Å². The van der Waals surface area contributed by atoms with E-state index >= 15 is 0 Å². The molecule has 0 saturated heterocycles. The van der Waals surface area contributed by atoms with Crippen LogP contribution in [-0.2, 0) is 9.84 Å². The third-order valence-corrected chi connectivity index (χ3v) is 3.80. The van der Waals surface area contributed by atoms with Gasteiger partial charge in [-0.25, -0.2) is 13.4 Å². The van der Waals surface area contributed by atoms with Gasteiger partial charge in [-0.2, -0.15) is 0 Å². The summed E-state index contributed by atoms with van der Waals surface area (Å²) in [6.45, 7) is 3.72. The summed E-state index contributed by atoms with van der Waals surface area (Å²) in [6.07, 6.45) is 1.41. The highest BCUT2D eigenvalue weighted by Gasteiger charge is 2.17. The smallest absolute Gasteiger partial charge is 0.195 e.